The highest BCUT2D eigenvalue weighted by atomic mass is 32.1. The Bertz CT molecular complexity index is 858. The van der Waals surface area contributed by atoms with E-state index in [0.717, 1.165) is 10.1 Å². The summed E-state index contributed by atoms with van der Waals surface area (Å²) in [6.45, 7) is 3.29. The molecule has 0 aromatic carbocycles. The number of nitrogens with zero attached hydrogens (tertiary/aromatic N) is 1. The van der Waals surface area contributed by atoms with E-state index < -0.39 is 17.9 Å². The Hall–Kier alpha value is -2.67. The first-order valence-corrected chi connectivity index (χ1v) is 7.76. The van der Waals surface area contributed by atoms with Crippen LogP contribution in [0.1, 0.15) is 25.3 Å². The first-order chi connectivity index (χ1) is 10.9. The molecule has 0 saturated heterocycles. The van der Waals surface area contributed by atoms with E-state index in [1.54, 1.807) is 26.2 Å². The second-order valence-electron chi connectivity index (χ2n) is 5.31. The fourth-order valence-electron chi connectivity index (χ4n) is 2.99. The number of nitrogens with one attached hydrogen (secondary N) is 1. The number of aromatic nitrogens is 1. The summed E-state index contributed by atoms with van der Waals surface area (Å²) in [5, 5.41) is 24.7. The molecular formula is C16H14N2O4S. The zero-order valence-electron chi connectivity index (χ0n) is 12.5. The summed E-state index contributed by atoms with van der Waals surface area (Å²) in [5.41, 5.74) is 1.67. The van der Waals surface area contributed by atoms with Crippen LogP contribution in [0.2, 0.25) is 0 Å². The molecule has 0 aliphatic carbocycles. The van der Waals surface area contributed by atoms with Crippen LogP contribution >= 0.6 is 11.3 Å². The van der Waals surface area contributed by atoms with Crippen molar-refractivity contribution in [2.75, 3.05) is 0 Å². The van der Waals surface area contributed by atoms with Gasteiger partial charge in [0.05, 0.1) is 17.1 Å². The smallest absolute Gasteiger partial charge is 0.334 e. The van der Waals surface area contributed by atoms with Crippen molar-refractivity contribution >= 4 is 33.4 Å². The van der Waals surface area contributed by atoms with E-state index in [0.29, 0.717) is 17.0 Å². The zero-order chi connectivity index (χ0) is 16.7. The van der Waals surface area contributed by atoms with Gasteiger partial charge >= 0.3 is 11.9 Å². The van der Waals surface area contributed by atoms with Crippen molar-refractivity contribution in [2.45, 2.75) is 19.8 Å². The fraction of sp³-hybridized carbons (Fsp3) is 0.188. The highest BCUT2D eigenvalue weighted by Gasteiger charge is 2.37. The van der Waals surface area contributed by atoms with Crippen molar-refractivity contribution < 1.29 is 19.8 Å². The van der Waals surface area contributed by atoms with Crippen LogP contribution < -0.4 is 5.32 Å². The number of allylic oxidation sites excluding steroid dienone is 2. The van der Waals surface area contributed by atoms with Gasteiger partial charge in [0.2, 0.25) is 0 Å². The molecule has 3 heterocycles. The number of rotatable bonds is 3. The summed E-state index contributed by atoms with van der Waals surface area (Å²) in [6, 6.07) is 1.83. The Balaban J connectivity index is 2.31. The van der Waals surface area contributed by atoms with Crippen LogP contribution in [0, 0.1) is 0 Å². The van der Waals surface area contributed by atoms with Crippen LogP contribution in [0.3, 0.4) is 0 Å². The molecule has 1 aliphatic heterocycles. The van der Waals surface area contributed by atoms with Gasteiger partial charge in [0.15, 0.2) is 0 Å². The monoisotopic (exact) mass is 330 g/mol. The van der Waals surface area contributed by atoms with Gasteiger partial charge in [-0.05, 0) is 30.9 Å². The van der Waals surface area contributed by atoms with Crippen LogP contribution in [-0.2, 0) is 9.59 Å². The number of pyridine rings is 1. The van der Waals surface area contributed by atoms with Gasteiger partial charge in [0, 0.05) is 33.9 Å². The second kappa shape index (κ2) is 5.51. The minimum atomic E-state index is -1.13. The highest BCUT2D eigenvalue weighted by molar-refractivity contribution is 7.17. The molecule has 6 nitrogen and oxygen atoms in total. The quantitative estimate of drug-likeness (QED) is 0.800. The minimum absolute atomic E-state index is 0.0524. The molecule has 0 unspecified atom stereocenters. The molecule has 3 N–H and O–H groups in total. The predicted octanol–water partition coefficient (Wildman–Crippen LogP) is 2.70. The Labute approximate surface area is 135 Å². The van der Waals surface area contributed by atoms with Gasteiger partial charge in [-0.25, -0.2) is 9.59 Å². The molecular weight excluding hydrogens is 316 g/mol. The second-order valence-corrected chi connectivity index (χ2v) is 6.22. The zero-order valence-corrected chi connectivity index (χ0v) is 13.3. The lowest BCUT2D eigenvalue weighted by Crippen LogP contribution is -2.30. The van der Waals surface area contributed by atoms with Crippen molar-refractivity contribution in [3.63, 3.8) is 0 Å². The number of carboxylic acid groups (broad SMARTS) is 2. The number of fused-ring (bicyclic) bond motifs is 1. The number of hydrogen-bond donors (Lipinski definition) is 3. The highest BCUT2D eigenvalue weighted by Crippen LogP contribution is 2.42. The average molecular weight is 330 g/mol. The summed E-state index contributed by atoms with van der Waals surface area (Å²) < 4.78 is 0.943. The molecule has 0 amide bonds. The normalized spacial score (nSPS) is 15.9. The van der Waals surface area contributed by atoms with Gasteiger partial charge in [0.25, 0.3) is 0 Å². The Kier molecular flexibility index (Phi) is 3.65. The number of dihydropyridines is 1. The molecule has 23 heavy (non-hydrogen) atoms. The third-order valence-electron chi connectivity index (χ3n) is 3.94. The van der Waals surface area contributed by atoms with E-state index in [1.807, 2.05) is 11.4 Å². The van der Waals surface area contributed by atoms with Crippen molar-refractivity contribution in [2.24, 2.45) is 0 Å². The maximum Gasteiger partial charge on any atom is 0.334 e. The summed E-state index contributed by atoms with van der Waals surface area (Å²) in [4.78, 5) is 27.6. The largest absolute Gasteiger partial charge is 0.478 e. The molecule has 7 heteroatoms. The van der Waals surface area contributed by atoms with Crippen LogP contribution in [0.15, 0.2) is 46.4 Å². The van der Waals surface area contributed by atoms with Gasteiger partial charge < -0.3 is 15.5 Å². The lowest BCUT2D eigenvalue weighted by Gasteiger charge is -2.28. The van der Waals surface area contributed by atoms with Crippen molar-refractivity contribution in [3.05, 3.63) is 51.9 Å². The number of hydrogen-bond acceptors (Lipinski definition) is 5. The van der Waals surface area contributed by atoms with Gasteiger partial charge in [-0.2, -0.15) is 0 Å². The molecule has 0 atom stereocenters. The van der Waals surface area contributed by atoms with Crippen molar-refractivity contribution in [3.8, 4) is 0 Å². The fourth-order valence-corrected chi connectivity index (χ4v) is 3.94. The van der Waals surface area contributed by atoms with Crippen LogP contribution in [0.5, 0.6) is 0 Å². The van der Waals surface area contributed by atoms with E-state index in [9.17, 15) is 19.8 Å². The van der Waals surface area contributed by atoms with E-state index >= 15 is 0 Å². The van der Waals surface area contributed by atoms with E-state index in [4.69, 9.17) is 0 Å². The SMILES string of the molecule is CC1=C(C(=O)O)C(c2csc3ccncc23)C(C(=O)O)=C(C)N1. The maximum absolute atomic E-state index is 11.8. The van der Waals surface area contributed by atoms with Gasteiger partial charge in [-0.15, -0.1) is 11.3 Å². The number of thiophene rings is 1. The van der Waals surface area contributed by atoms with E-state index in [1.165, 1.54) is 11.3 Å². The molecule has 0 fully saturated rings. The average Bonchev–Trinajstić information content (AvgIpc) is 2.89. The molecule has 2 aromatic rings. The predicted molar refractivity (Wildman–Crippen MR) is 86.2 cm³/mol. The lowest BCUT2D eigenvalue weighted by molar-refractivity contribution is -0.133. The molecule has 3 rings (SSSR count). The first kappa shape index (κ1) is 15.2. The van der Waals surface area contributed by atoms with E-state index in [2.05, 4.69) is 10.3 Å². The minimum Gasteiger partial charge on any atom is -0.478 e. The Morgan fingerprint density at radius 1 is 1.17 bits per heavy atom. The standard InChI is InChI=1S/C16H14N2O4S/c1-7-12(15(19)20)14(13(16(21)22)8(2)18-7)10-6-23-11-3-4-17-5-9(10)11/h3-6,14,18H,1-2H3,(H,19,20)(H,21,22). The van der Waals surface area contributed by atoms with Gasteiger partial charge in [0.1, 0.15) is 0 Å². The molecule has 0 radical (unpaired) electrons. The molecule has 1 aliphatic rings. The number of carbonyl (C=O) groups is 2. The van der Waals surface area contributed by atoms with Crippen molar-refractivity contribution in [1.82, 2.24) is 10.3 Å². The summed E-state index contributed by atoms with van der Waals surface area (Å²) in [6.07, 6.45) is 3.30. The third-order valence-corrected chi connectivity index (χ3v) is 4.92. The van der Waals surface area contributed by atoms with Crippen molar-refractivity contribution in [1.29, 1.82) is 0 Å². The van der Waals surface area contributed by atoms with Gasteiger partial charge in [-0.1, -0.05) is 0 Å². The summed E-state index contributed by atoms with van der Waals surface area (Å²) >= 11 is 1.45. The Morgan fingerprint density at radius 3 is 2.35 bits per heavy atom. The molecule has 0 bridgehead atoms. The number of carboxylic acids is 2. The molecule has 118 valence electrons. The third kappa shape index (κ3) is 2.39. The topological polar surface area (TPSA) is 99.5 Å². The first-order valence-electron chi connectivity index (χ1n) is 6.88. The van der Waals surface area contributed by atoms with Crippen LogP contribution in [0.4, 0.5) is 0 Å². The lowest BCUT2D eigenvalue weighted by atomic mass is 9.80. The van der Waals surface area contributed by atoms with E-state index in [-0.39, 0.29) is 11.1 Å². The maximum atomic E-state index is 11.8. The molecule has 0 saturated carbocycles. The van der Waals surface area contributed by atoms with Crippen LogP contribution in [-0.4, -0.2) is 27.1 Å². The number of aliphatic carboxylic acids is 2. The molecule has 2 aromatic heterocycles. The van der Waals surface area contributed by atoms with Crippen LogP contribution in [0.25, 0.3) is 10.1 Å². The Morgan fingerprint density at radius 2 is 1.78 bits per heavy atom. The summed E-state index contributed by atoms with van der Waals surface area (Å²) in [5.74, 6) is -3.09. The molecule has 0 spiro atoms. The summed E-state index contributed by atoms with van der Waals surface area (Å²) in [7, 11) is 0. The van der Waals surface area contributed by atoms with Gasteiger partial charge in [-0.3, -0.25) is 4.98 Å².